The molecule has 2 heterocycles. The number of fused-ring (bicyclic) bond motifs is 1. The molecule has 0 fully saturated rings. The third-order valence-corrected chi connectivity index (χ3v) is 8.34. The minimum Gasteiger partial charge on any atom is -0.394 e. The number of hydrogen-bond acceptors (Lipinski definition) is 7. The minimum absolute atomic E-state index is 0.0599. The van der Waals surface area contributed by atoms with Crippen LogP contribution in [0.5, 0.6) is 0 Å². The Morgan fingerprint density at radius 1 is 1.32 bits per heavy atom. The van der Waals surface area contributed by atoms with Gasteiger partial charge < -0.3 is 14.7 Å². The second kappa shape index (κ2) is 11.4. The highest BCUT2D eigenvalue weighted by Gasteiger charge is 2.31. The molecule has 2 aromatic rings. The van der Waals surface area contributed by atoms with E-state index in [0.717, 1.165) is 5.69 Å². The fourth-order valence-corrected chi connectivity index (χ4v) is 5.52. The number of aliphatic hydroxyl groups is 1. The van der Waals surface area contributed by atoms with E-state index in [9.17, 15) is 18.3 Å². The van der Waals surface area contributed by atoms with Crippen LogP contribution in [-0.2, 0) is 32.7 Å². The van der Waals surface area contributed by atoms with E-state index < -0.39 is 16.1 Å². The average Bonchev–Trinajstić information content (AvgIpc) is 3.25. The SMILES string of the molecule is Cc1ccccc1S(=O)(=O)N(C)C[C@@H]1OCc2cnnn2CCCC(=O)N([C@H](C)CO)C[C@H]1C. The number of carbonyl (C=O) groups is 1. The maximum atomic E-state index is 13.3. The summed E-state index contributed by atoms with van der Waals surface area (Å²) in [6, 6.07) is 6.52. The van der Waals surface area contributed by atoms with Crippen molar-refractivity contribution < 1.29 is 23.1 Å². The van der Waals surface area contributed by atoms with Crippen LogP contribution >= 0.6 is 0 Å². The average molecular weight is 494 g/mol. The van der Waals surface area contributed by atoms with E-state index in [4.69, 9.17) is 4.74 Å². The summed E-state index contributed by atoms with van der Waals surface area (Å²) < 4.78 is 35.8. The van der Waals surface area contributed by atoms with Gasteiger partial charge in [0.2, 0.25) is 15.9 Å². The molecular formula is C23H35N5O5S. The van der Waals surface area contributed by atoms with E-state index in [0.29, 0.717) is 31.5 Å². The number of likely N-dealkylation sites (N-methyl/N-ethyl adjacent to an activating group) is 1. The van der Waals surface area contributed by atoms with E-state index >= 15 is 0 Å². The maximum absolute atomic E-state index is 13.3. The smallest absolute Gasteiger partial charge is 0.243 e. The Labute approximate surface area is 201 Å². The van der Waals surface area contributed by atoms with Crippen LogP contribution in [0.3, 0.4) is 0 Å². The molecule has 1 aliphatic heterocycles. The quantitative estimate of drug-likeness (QED) is 0.647. The van der Waals surface area contributed by atoms with Crippen molar-refractivity contribution in [1.29, 1.82) is 0 Å². The molecule has 0 saturated heterocycles. The van der Waals surface area contributed by atoms with Gasteiger partial charge in [-0.2, -0.15) is 4.31 Å². The first-order chi connectivity index (χ1) is 16.1. The Morgan fingerprint density at radius 2 is 2.06 bits per heavy atom. The normalized spacial score (nSPS) is 21.6. The van der Waals surface area contributed by atoms with Gasteiger partial charge in [0, 0.05) is 39.0 Å². The minimum atomic E-state index is -3.73. The van der Waals surface area contributed by atoms with Gasteiger partial charge in [0.25, 0.3) is 0 Å². The molecule has 10 nitrogen and oxygen atoms in total. The molecule has 3 rings (SSSR count). The van der Waals surface area contributed by atoms with E-state index in [1.165, 1.54) is 4.31 Å². The Bertz CT molecular complexity index is 1070. The molecule has 1 aromatic carbocycles. The Kier molecular flexibility index (Phi) is 8.80. The highest BCUT2D eigenvalue weighted by atomic mass is 32.2. The number of aliphatic hydroxyl groups excluding tert-OH is 1. The number of carbonyl (C=O) groups excluding carboxylic acids is 1. The van der Waals surface area contributed by atoms with Crippen molar-refractivity contribution in [3.63, 3.8) is 0 Å². The number of aryl methyl sites for hydroxylation is 2. The molecule has 0 saturated carbocycles. The highest BCUT2D eigenvalue weighted by Crippen LogP contribution is 2.22. The van der Waals surface area contributed by atoms with Crippen molar-refractivity contribution in [2.24, 2.45) is 5.92 Å². The number of sulfonamides is 1. The number of nitrogens with zero attached hydrogens (tertiary/aromatic N) is 5. The molecule has 0 radical (unpaired) electrons. The summed E-state index contributed by atoms with van der Waals surface area (Å²) in [6.45, 7) is 6.55. The van der Waals surface area contributed by atoms with E-state index in [1.54, 1.807) is 60.9 Å². The molecule has 0 unspecified atom stereocenters. The van der Waals surface area contributed by atoms with Gasteiger partial charge in [0.1, 0.15) is 0 Å². The molecule has 11 heteroatoms. The molecule has 3 atom stereocenters. The first-order valence-corrected chi connectivity index (χ1v) is 13.0. The number of ether oxygens (including phenoxy) is 1. The van der Waals surface area contributed by atoms with Crippen LogP contribution < -0.4 is 0 Å². The lowest BCUT2D eigenvalue weighted by Gasteiger charge is -2.35. The standard InChI is InChI=1S/C23H35N5O5S/c1-17-8-5-6-9-22(17)34(31,32)26(4)14-21-18(2)13-27(19(3)15-29)23(30)10-7-11-28-20(16-33-21)12-24-25-28/h5-6,8-9,12,18-19,21,29H,7,10-11,13-16H2,1-4H3/t18-,19-,21+/m1/s1. The molecular weight excluding hydrogens is 458 g/mol. The van der Waals surface area contributed by atoms with E-state index in [-0.39, 0.29) is 42.5 Å². The van der Waals surface area contributed by atoms with Gasteiger partial charge in [-0.05, 0) is 31.9 Å². The monoisotopic (exact) mass is 493 g/mol. The van der Waals surface area contributed by atoms with Crippen molar-refractivity contribution >= 4 is 15.9 Å². The highest BCUT2D eigenvalue weighted by molar-refractivity contribution is 7.89. The molecule has 188 valence electrons. The number of aromatic nitrogens is 3. The fraction of sp³-hybridized carbons (Fsp3) is 0.609. The summed E-state index contributed by atoms with van der Waals surface area (Å²) in [5.41, 5.74) is 1.45. The summed E-state index contributed by atoms with van der Waals surface area (Å²) in [6.07, 6.45) is 2.04. The van der Waals surface area contributed by atoms with Gasteiger partial charge in [-0.3, -0.25) is 4.79 Å². The van der Waals surface area contributed by atoms with Crippen LogP contribution in [0.25, 0.3) is 0 Å². The predicted molar refractivity (Wildman–Crippen MR) is 126 cm³/mol. The second-order valence-electron chi connectivity index (χ2n) is 9.01. The summed E-state index contributed by atoms with van der Waals surface area (Å²) in [7, 11) is -2.19. The lowest BCUT2D eigenvalue weighted by molar-refractivity contribution is -0.136. The lowest BCUT2D eigenvalue weighted by Crippen LogP contribution is -2.47. The van der Waals surface area contributed by atoms with Gasteiger partial charge in [0.05, 0.1) is 42.1 Å². The lowest BCUT2D eigenvalue weighted by atomic mass is 10.0. The van der Waals surface area contributed by atoms with E-state index in [2.05, 4.69) is 10.3 Å². The molecule has 1 N–H and O–H groups in total. The number of benzene rings is 1. The number of rotatable bonds is 6. The largest absolute Gasteiger partial charge is 0.394 e. The zero-order chi connectivity index (χ0) is 24.9. The molecule has 0 aliphatic carbocycles. The summed E-state index contributed by atoms with van der Waals surface area (Å²) in [5, 5.41) is 17.8. The second-order valence-corrected chi connectivity index (χ2v) is 11.0. The predicted octanol–water partition coefficient (Wildman–Crippen LogP) is 1.43. The molecule has 0 bridgehead atoms. The van der Waals surface area contributed by atoms with Crippen LogP contribution in [0.15, 0.2) is 35.4 Å². The van der Waals surface area contributed by atoms with Gasteiger partial charge in [-0.15, -0.1) is 5.10 Å². The summed E-state index contributed by atoms with van der Waals surface area (Å²) in [5.74, 6) is -0.258. The third-order valence-electron chi connectivity index (χ3n) is 6.36. The van der Waals surface area contributed by atoms with Gasteiger partial charge in [-0.1, -0.05) is 30.3 Å². The number of amides is 1. The molecule has 1 amide bonds. The summed E-state index contributed by atoms with van der Waals surface area (Å²) in [4.78, 5) is 14.9. The van der Waals surface area contributed by atoms with Gasteiger partial charge >= 0.3 is 0 Å². The first kappa shape index (κ1) is 26.3. The molecule has 0 spiro atoms. The third kappa shape index (κ3) is 6.01. The van der Waals surface area contributed by atoms with Crippen molar-refractivity contribution in [3.05, 3.63) is 41.7 Å². The summed E-state index contributed by atoms with van der Waals surface area (Å²) >= 11 is 0. The zero-order valence-electron chi connectivity index (χ0n) is 20.3. The van der Waals surface area contributed by atoms with Crippen LogP contribution in [0.2, 0.25) is 0 Å². The van der Waals surface area contributed by atoms with Crippen LogP contribution in [0.1, 0.15) is 37.9 Å². The van der Waals surface area contributed by atoms with Crippen molar-refractivity contribution in [2.45, 2.75) is 63.8 Å². The Hall–Kier alpha value is -2.34. The first-order valence-electron chi connectivity index (χ1n) is 11.6. The molecule has 1 aliphatic rings. The van der Waals surface area contributed by atoms with Gasteiger partial charge in [-0.25, -0.2) is 13.1 Å². The van der Waals surface area contributed by atoms with Crippen LogP contribution in [0.4, 0.5) is 0 Å². The van der Waals surface area contributed by atoms with Crippen molar-refractivity contribution in [3.8, 4) is 0 Å². The Balaban J connectivity index is 1.88. The Morgan fingerprint density at radius 3 is 2.76 bits per heavy atom. The fourth-order valence-electron chi connectivity index (χ4n) is 4.11. The van der Waals surface area contributed by atoms with Crippen LogP contribution in [-0.4, -0.2) is 82.5 Å². The van der Waals surface area contributed by atoms with Crippen LogP contribution in [0, 0.1) is 12.8 Å². The molecule has 34 heavy (non-hydrogen) atoms. The van der Waals surface area contributed by atoms with Gasteiger partial charge in [0.15, 0.2) is 0 Å². The van der Waals surface area contributed by atoms with E-state index in [1.807, 2.05) is 6.92 Å². The topological polar surface area (TPSA) is 118 Å². The maximum Gasteiger partial charge on any atom is 0.243 e. The molecule has 1 aromatic heterocycles. The van der Waals surface area contributed by atoms with Crippen molar-refractivity contribution in [1.82, 2.24) is 24.2 Å². The zero-order valence-corrected chi connectivity index (χ0v) is 21.1. The number of hydrogen-bond donors (Lipinski definition) is 1. The van der Waals surface area contributed by atoms with Crippen molar-refractivity contribution in [2.75, 3.05) is 26.7 Å².